The lowest BCUT2D eigenvalue weighted by Gasteiger charge is -2.51. The third-order valence-electron chi connectivity index (χ3n) is 5.06. The molecule has 0 aromatic rings. The van der Waals surface area contributed by atoms with Gasteiger partial charge in [-0.2, -0.15) is 0 Å². The Morgan fingerprint density at radius 3 is 2.47 bits per heavy atom. The second-order valence-electron chi connectivity index (χ2n) is 6.15. The van der Waals surface area contributed by atoms with Gasteiger partial charge < -0.3 is 15.0 Å². The molecule has 0 aromatic carbocycles. The maximum atomic E-state index is 12.8. The molecule has 1 N–H and O–H groups in total. The number of amides is 2. The van der Waals surface area contributed by atoms with Crippen LogP contribution >= 0.6 is 0 Å². The summed E-state index contributed by atoms with van der Waals surface area (Å²) in [5.74, 6) is 0.138. The second-order valence-corrected chi connectivity index (χ2v) is 6.15. The Morgan fingerprint density at radius 1 is 1.26 bits per heavy atom. The number of hydrogen-bond donors (Lipinski definition) is 1. The smallest absolute Gasteiger partial charge is 0.249 e. The highest BCUT2D eigenvalue weighted by Crippen LogP contribution is 2.38. The van der Waals surface area contributed by atoms with Crippen LogP contribution < -0.4 is 5.32 Å². The average molecular weight is 266 g/mol. The van der Waals surface area contributed by atoms with Crippen molar-refractivity contribution in [2.45, 2.75) is 69.2 Å². The number of carbonyl (C=O) groups excluding carboxylic acids is 2. The van der Waals surface area contributed by atoms with Crippen molar-refractivity contribution in [1.29, 1.82) is 0 Å². The number of nitrogens with one attached hydrogen (secondary N) is 1. The van der Waals surface area contributed by atoms with Gasteiger partial charge >= 0.3 is 0 Å². The maximum Gasteiger partial charge on any atom is 0.249 e. The SMILES string of the molecule is COC1CC(N2C(=O)C3(CCCC3)NC(=O)C2C)C1. The molecule has 2 aliphatic carbocycles. The molecule has 2 amide bonds. The summed E-state index contributed by atoms with van der Waals surface area (Å²) >= 11 is 0. The molecule has 0 radical (unpaired) electrons. The number of carbonyl (C=O) groups is 2. The van der Waals surface area contributed by atoms with E-state index in [1.165, 1.54) is 0 Å². The molecule has 1 unspecified atom stereocenters. The molecule has 5 nitrogen and oxygen atoms in total. The largest absolute Gasteiger partial charge is 0.381 e. The fourth-order valence-electron chi connectivity index (χ4n) is 3.70. The molecule has 3 aliphatic rings. The van der Waals surface area contributed by atoms with E-state index in [0.29, 0.717) is 0 Å². The third-order valence-corrected chi connectivity index (χ3v) is 5.06. The van der Waals surface area contributed by atoms with Gasteiger partial charge in [-0.15, -0.1) is 0 Å². The van der Waals surface area contributed by atoms with Crippen molar-refractivity contribution < 1.29 is 14.3 Å². The molecule has 1 spiro atoms. The van der Waals surface area contributed by atoms with E-state index in [2.05, 4.69) is 5.32 Å². The van der Waals surface area contributed by atoms with E-state index in [1.54, 1.807) is 7.11 Å². The first-order valence-corrected chi connectivity index (χ1v) is 7.25. The van der Waals surface area contributed by atoms with Gasteiger partial charge in [-0.3, -0.25) is 9.59 Å². The van der Waals surface area contributed by atoms with Gasteiger partial charge in [0, 0.05) is 13.2 Å². The zero-order chi connectivity index (χ0) is 13.6. The first kappa shape index (κ1) is 12.9. The lowest BCUT2D eigenvalue weighted by atomic mass is 9.82. The molecule has 106 valence electrons. The van der Waals surface area contributed by atoms with Crippen LogP contribution in [0.1, 0.15) is 45.4 Å². The Kier molecular flexibility index (Phi) is 3.04. The molecule has 3 rings (SSSR count). The quantitative estimate of drug-likeness (QED) is 0.805. The molecular weight excluding hydrogens is 244 g/mol. The normalized spacial score (nSPS) is 37.4. The Balaban J connectivity index is 1.81. The van der Waals surface area contributed by atoms with E-state index in [9.17, 15) is 9.59 Å². The molecule has 1 saturated heterocycles. The highest BCUT2D eigenvalue weighted by atomic mass is 16.5. The Hall–Kier alpha value is -1.10. The van der Waals surface area contributed by atoms with E-state index in [0.717, 1.165) is 38.5 Å². The number of rotatable bonds is 2. The minimum absolute atomic E-state index is 0.00219. The Bertz CT molecular complexity index is 397. The van der Waals surface area contributed by atoms with E-state index >= 15 is 0 Å². The molecule has 5 heteroatoms. The van der Waals surface area contributed by atoms with Crippen LogP contribution in [-0.4, -0.2) is 47.6 Å². The van der Waals surface area contributed by atoms with E-state index < -0.39 is 5.54 Å². The number of piperazine rings is 1. The summed E-state index contributed by atoms with van der Waals surface area (Å²) in [6.07, 6.45) is 5.60. The van der Waals surface area contributed by atoms with Crippen molar-refractivity contribution in [2.24, 2.45) is 0 Å². The van der Waals surface area contributed by atoms with Crippen LogP contribution in [-0.2, 0) is 14.3 Å². The topological polar surface area (TPSA) is 58.6 Å². The first-order chi connectivity index (χ1) is 9.07. The third kappa shape index (κ3) is 1.86. The molecule has 3 fully saturated rings. The van der Waals surface area contributed by atoms with Gasteiger partial charge in [0.2, 0.25) is 11.8 Å². The van der Waals surface area contributed by atoms with Crippen LogP contribution in [0.15, 0.2) is 0 Å². The standard InChI is InChI=1S/C14H22N2O3/c1-9-12(17)15-14(5-3-4-6-14)13(18)16(9)10-7-11(8-10)19-2/h9-11H,3-8H2,1-2H3,(H,15,17). The van der Waals surface area contributed by atoms with Crippen molar-refractivity contribution in [2.75, 3.05) is 7.11 Å². The molecule has 0 aromatic heterocycles. The van der Waals surface area contributed by atoms with E-state index in [4.69, 9.17) is 4.74 Å². The van der Waals surface area contributed by atoms with Crippen molar-refractivity contribution in [3.8, 4) is 0 Å². The zero-order valence-electron chi connectivity index (χ0n) is 11.6. The van der Waals surface area contributed by atoms with Crippen LogP contribution in [0, 0.1) is 0 Å². The Morgan fingerprint density at radius 2 is 1.89 bits per heavy atom. The minimum atomic E-state index is -0.595. The molecular formula is C14H22N2O3. The van der Waals surface area contributed by atoms with Crippen LogP contribution in [0.2, 0.25) is 0 Å². The molecule has 1 heterocycles. The number of nitrogens with zero attached hydrogens (tertiary/aromatic N) is 1. The summed E-state index contributed by atoms with van der Waals surface area (Å²) in [5.41, 5.74) is -0.595. The molecule has 1 aliphatic heterocycles. The van der Waals surface area contributed by atoms with Crippen LogP contribution in [0.5, 0.6) is 0 Å². The lowest BCUT2D eigenvalue weighted by molar-refractivity contribution is -0.162. The fourth-order valence-corrected chi connectivity index (χ4v) is 3.70. The summed E-state index contributed by atoms with van der Waals surface area (Å²) in [6, 6.07) is -0.169. The number of methoxy groups -OCH3 is 1. The van der Waals surface area contributed by atoms with Gasteiger partial charge in [-0.05, 0) is 32.6 Å². The predicted molar refractivity (Wildman–Crippen MR) is 69.5 cm³/mol. The number of ether oxygens (including phenoxy) is 1. The highest BCUT2D eigenvalue weighted by Gasteiger charge is 2.54. The van der Waals surface area contributed by atoms with Crippen molar-refractivity contribution in [1.82, 2.24) is 10.2 Å². The van der Waals surface area contributed by atoms with E-state index in [-0.39, 0.29) is 30.0 Å². The molecule has 0 bridgehead atoms. The zero-order valence-corrected chi connectivity index (χ0v) is 11.6. The molecule has 1 atom stereocenters. The summed E-state index contributed by atoms with van der Waals surface area (Å²) < 4.78 is 5.28. The van der Waals surface area contributed by atoms with Crippen molar-refractivity contribution in [3.63, 3.8) is 0 Å². The second kappa shape index (κ2) is 4.47. The van der Waals surface area contributed by atoms with Gasteiger partial charge in [0.05, 0.1) is 6.10 Å². The number of hydrogen-bond acceptors (Lipinski definition) is 3. The van der Waals surface area contributed by atoms with Crippen LogP contribution in [0.25, 0.3) is 0 Å². The van der Waals surface area contributed by atoms with Gasteiger partial charge in [-0.25, -0.2) is 0 Å². The van der Waals surface area contributed by atoms with Gasteiger partial charge in [0.15, 0.2) is 0 Å². The predicted octanol–water partition coefficient (Wildman–Crippen LogP) is 0.823. The maximum absolute atomic E-state index is 12.8. The highest BCUT2D eigenvalue weighted by molar-refractivity contribution is 6.00. The van der Waals surface area contributed by atoms with Crippen molar-refractivity contribution >= 4 is 11.8 Å². The summed E-state index contributed by atoms with van der Waals surface area (Å²) in [5, 5.41) is 2.99. The molecule has 2 saturated carbocycles. The minimum Gasteiger partial charge on any atom is -0.381 e. The van der Waals surface area contributed by atoms with Gasteiger partial charge in [0.25, 0.3) is 0 Å². The van der Waals surface area contributed by atoms with Crippen molar-refractivity contribution in [3.05, 3.63) is 0 Å². The van der Waals surface area contributed by atoms with Gasteiger partial charge in [-0.1, -0.05) is 12.8 Å². The first-order valence-electron chi connectivity index (χ1n) is 7.25. The monoisotopic (exact) mass is 266 g/mol. The van der Waals surface area contributed by atoms with Crippen LogP contribution in [0.3, 0.4) is 0 Å². The molecule has 19 heavy (non-hydrogen) atoms. The summed E-state index contributed by atoms with van der Waals surface area (Å²) in [7, 11) is 1.70. The van der Waals surface area contributed by atoms with E-state index in [1.807, 2.05) is 11.8 Å². The summed E-state index contributed by atoms with van der Waals surface area (Å²) in [6.45, 7) is 1.83. The van der Waals surface area contributed by atoms with Gasteiger partial charge in [0.1, 0.15) is 11.6 Å². The lowest BCUT2D eigenvalue weighted by Crippen LogP contribution is -2.72. The Labute approximate surface area is 113 Å². The summed E-state index contributed by atoms with van der Waals surface area (Å²) in [4.78, 5) is 26.8. The fraction of sp³-hybridized carbons (Fsp3) is 0.857. The van der Waals surface area contributed by atoms with Crippen LogP contribution in [0.4, 0.5) is 0 Å². The average Bonchev–Trinajstić information content (AvgIpc) is 2.79.